The summed E-state index contributed by atoms with van der Waals surface area (Å²) in [6.45, 7) is 12.3. The van der Waals surface area contributed by atoms with E-state index in [1.807, 2.05) is 41.5 Å². The maximum atomic E-state index is 13.1. The Balaban J connectivity index is 2.91. The van der Waals surface area contributed by atoms with Crippen LogP contribution in [0.5, 0.6) is 0 Å². The van der Waals surface area contributed by atoms with Gasteiger partial charge in [0, 0.05) is 12.1 Å². The lowest BCUT2D eigenvalue weighted by atomic mass is 10.0. The highest BCUT2D eigenvalue weighted by atomic mass is 19.4. The van der Waals surface area contributed by atoms with Crippen LogP contribution in [0, 0.1) is 5.92 Å². The molecule has 1 rings (SSSR count). The highest BCUT2D eigenvalue weighted by Crippen LogP contribution is 2.29. The second kappa shape index (κ2) is 10.1. The van der Waals surface area contributed by atoms with Crippen molar-refractivity contribution in [2.45, 2.75) is 72.2 Å². The van der Waals surface area contributed by atoms with Crippen LogP contribution in [0.4, 0.5) is 23.7 Å². The fourth-order valence-electron chi connectivity index (χ4n) is 2.97. The van der Waals surface area contributed by atoms with E-state index < -0.39 is 23.9 Å². The van der Waals surface area contributed by atoms with Gasteiger partial charge in [-0.15, -0.1) is 0 Å². The zero-order chi connectivity index (χ0) is 22.4. The molecule has 0 radical (unpaired) electrons. The third-order valence-corrected chi connectivity index (χ3v) is 4.39. The molecule has 1 aromatic carbocycles. The van der Waals surface area contributed by atoms with Crippen molar-refractivity contribution >= 4 is 17.7 Å². The number of nitrogens with one attached hydrogen (secondary N) is 2. The van der Waals surface area contributed by atoms with Gasteiger partial charge >= 0.3 is 18.2 Å². The van der Waals surface area contributed by atoms with Gasteiger partial charge in [-0.3, -0.25) is 10.2 Å². The van der Waals surface area contributed by atoms with Gasteiger partial charge in [-0.2, -0.15) is 13.2 Å². The Hall–Kier alpha value is -2.09. The first-order valence-corrected chi connectivity index (χ1v) is 9.81. The summed E-state index contributed by atoms with van der Waals surface area (Å²) in [5.74, 6) is -0.0821. The van der Waals surface area contributed by atoms with Crippen LogP contribution in [-0.4, -0.2) is 30.2 Å². The van der Waals surface area contributed by atoms with Crippen molar-refractivity contribution in [2.24, 2.45) is 5.92 Å². The van der Waals surface area contributed by atoms with Crippen LogP contribution in [0.1, 0.15) is 59.9 Å². The van der Waals surface area contributed by atoms with Gasteiger partial charge in [-0.1, -0.05) is 20.8 Å². The second-order valence-corrected chi connectivity index (χ2v) is 8.57. The maximum absolute atomic E-state index is 13.1. The summed E-state index contributed by atoms with van der Waals surface area (Å²) < 4.78 is 43.3. The number of hydrogen-bond donors (Lipinski definition) is 2. The molecule has 29 heavy (non-hydrogen) atoms. The van der Waals surface area contributed by atoms with E-state index in [4.69, 9.17) is 4.74 Å². The average molecular weight is 417 g/mol. The van der Waals surface area contributed by atoms with E-state index in [9.17, 15) is 22.8 Å². The molecule has 1 unspecified atom stereocenters. The number of benzene rings is 1. The van der Waals surface area contributed by atoms with Crippen LogP contribution in [0.25, 0.3) is 0 Å². The number of alkyl halides is 3. The third-order valence-electron chi connectivity index (χ3n) is 4.39. The Kier molecular flexibility index (Phi) is 8.68. The lowest BCUT2D eigenvalue weighted by molar-refractivity contribution is -0.873. The zero-order valence-electron chi connectivity index (χ0n) is 17.9. The van der Waals surface area contributed by atoms with E-state index in [-0.39, 0.29) is 23.1 Å². The molecule has 1 aromatic rings. The lowest BCUT2D eigenvalue weighted by Gasteiger charge is -2.32. The Bertz CT molecular complexity index is 680. The summed E-state index contributed by atoms with van der Waals surface area (Å²) in [5.41, 5.74) is -1.00. The van der Waals surface area contributed by atoms with Gasteiger partial charge in [0.25, 0.3) is 0 Å². The monoisotopic (exact) mass is 417 g/mol. The van der Waals surface area contributed by atoms with E-state index in [1.54, 1.807) is 0 Å². The molecule has 2 atom stereocenters. The zero-order valence-corrected chi connectivity index (χ0v) is 17.9. The summed E-state index contributed by atoms with van der Waals surface area (Å²) in [6, 6.07) is 4.04. The minimum absolute atomic E-state index is 0.116. The molecule has 0 saturated heterocycles. The molecule has 0 aromatic heterocycles. The Morgan fingerprint density at radius 2 is 1.66 bits per heavy atom. The van der Waals surface area contributed by atoms with Crippen molar-refractivity contribution in [1.29, 1.82) is 0 Å². The summed E-state index contributed by atoms with van der Waals surface area (Å²) in [6.07, 6.45) is -5.10. The van der Waals surface area contributed by atoms with Gasteiger partial charge in [0.15, 0.2) is 0 Å². The van der Waals surface area contributed by atoms with Crippen molar-refractivity contribution < 1.29 is 32.4 Å². The predicted molar refractivity (Wildman–Crippen MR) is 106 cm³/mol. The number of amides is 2. The van der Waals surface area contributed by atoms with Crippen LogP contribution in [0.15, 0.2) is 24.3 Å². The molecule has 0 aliphatic heterocycles. The number of ether oxygens (including phenoxy) is 1. The molecule has 0 aliphatic rings. The lowest BCUT2D eigenvalue weighted by Crippen LogP contribution is -3.22. The third kappa shape index (κ3) is 8.04. The number of carbonyl (C=O) groups excluding carboxylic acids is 2. The topological polar surface area (TPSA) is 59.8 Å². The summed E-state index contributed by atoms with van der Waals surface area (Å²) in [7, 11) is 0. The van der Waals surface area contributed by atoms with Crippen molar-refractivity contribution in [3.05, 3.63) is 29.8 Å². The van der Waals surface area contributed by atoms with Crippen LogP contribution in [-0.2, 0) is 15.7 Å². The van der Waals surface area contributed by atoms with Gasteiger partial charge in [0.05, 0.1) is 17.6 Å². The smallest absolute Gasteiger partial charge is 0.416 e. The van der Waals surface area contributed by atoms with E-state index in [0.717, 1.165) is 30.7 Å². The molecule has 0 bridgehead atoms. The normalized spacial score (nSPS) is 14.4. The second-order valence-electron chi connectivity index (χ2n) is 8.57. The molecule has 0 saturated carbocycles. The molecule has 0 heterocycles. The van der Waals surface area contributed by atoms with E-state index in [0.29, 0.717) is 17.9 Å². The number of rotatable bonds is 7. The fourth-order valence-corrected chi connectivity index (χ4v) is 2.97. The Morgan fingerprint density at radius 3 is 2.07 bits per heavy atom. The minimum atomic E-state index is -4.45. The van der Waals surface area contributed by atoms with E-state index >= 15 is 0 Å². The largest absolute Gasteiger partial charge is 0.431 e. The number of quaternary nitrogens is 1. The Labute approximate surface area is 170 Å². The average Bonchev–Trinajstić information content (AvgIpc) is 2.56. The SMILES string of the molecule is CCC[NH+](C(=O)[C@H](CC(C)C)OC(=O)Nc1ccc(C(F)(F)F)cc1)C(C)(C)C. The van der Waals surface area contributed by atoms with Gasteiger partial charge in [-0.05, 0) is 57.4 Å². The van der Waals surface area contributed by atoms with E-state index in [1.165, 1.54) is 0 Å². The van der Waals surface area contributed by atoms with Crippen LogP contribution >= 0.6 is 0 Å². The molecule has 2 amide bonds. The maximum Gasteiger partial charge on any atom is 0.416 e. The first-order valence-electron chi connectivity index (χ1n) is 9.81. The molecular formula is C21H32F3N2O3+. The predicted octanol–water partition coefficient (Wildman–Crippen LogP) is 4.29. The van der Waals surface area contributed by atoms with Crippen LogP contribution in [0.3, 0.4) is 0 Å². The Morgan fingerprint density at radius 1 is 1.10 bits per heavy atom. The number of halogens is 3. The van der Waals surface area contributed by atoms with Crippen molar-refractivity contribution in [3.63, 3.8) is 0 Å². The first kappa shape index (κ1) is 24.9. The van der Waals surface area contributed by atoms with Gasteiger partial charge in [0.1, 0.15) is 0 Å². The van der Waals surface area contributed by atoms with E-state index in [2.05, 4.69) is 5.32 Å². The molecule has 5 nitrogen and oxygen atoms in total. The van der Waals surface area contributed by atoms with Gasteiger partial charge < -0.3 is 4.74 Å². The fraction of sp³-hybridized carbons (Fsp3) is 0.619. The summed E-state index contributed by atoms with van der Waals surface area (Å²) >= 11 is 0. The van der Waals surface area contributed by atoms with Crippen LogP contribution < -0.4 is 10.2 Å². The first-order chi connectivity index (χ1) is 13.3. The van der Waals surface area contributed by atoms with Crippen molar-refractivity contribution in [3.8, 4) is 0 Å². The highest BCUT2D eigenvalue weighted by molar-refractivity contribution is 5.87. The standard InChI is InChI=1S/C21H31F3N2O3/c1-7-12-26(20(4,5)6)18(27)17(13-14(2)3)29-19(28)25-16-10-8-15(9-11-16)21(22,23)24/h8-11,14,17H,7,12-13H2,1-6H3,(H,25,28)/p+1/t17-/m0/s1. The van der Waals surface area contributed by atoms with Gasteiger partial charge in [-0.25, -0.2) is 9.59 Å². The summed E-state index contributed by atoms with van der Waals surface area (Å²) in [5, 5.41) is 2.40. The highest BCUT2D eigenvalue weighted by Gasteiger charge is 2.39. The molecule has 164 valence electrons. The molecule has 0 spiro atoms. The van der Waals surface area contributed by atoms with Gasteiger partial charge in [0.2, 0.25) is 6.10 Å². The molecule has 2 N–H and O–H groups in total. The number of anilines is 1. The molecule has 0 fully saturated rings. The number of carbonyl (C=O) groups is 2. The van der Waals surface area contributed by atoms with Crippen LogP contribution in [0.2, 0.25) is 0 Å². The molecule has 8 heteroatoms. The summed E-state index contributed by atoms with van der Waals surface area (Å²) in [4.78, 5) is 26.1. The van der Waals surface area contributed by atoms with Crippen molar-refractivity contribution in [2.75, 3.05) is 11.9 Å². The number of hydrogen-bond acceptors (Lipinski definition) is 3. The minimum Gasteiger partial charge on any atom is -0.431 e. The quantitative estimate of drug-likeness (QED) is 0.696. The molecular weight excluding hydrogens is 385 g/mol. The molecule has 0 aliphatic carbocycles. The van der Waals surface area contributed by atoms with Crippen molar-refractivity contribution in [1.82, 2.24) is 0 Å².